The molecule has 0 amide bonds. The highest BCUT2D eigenvalue weighted by atomic mass is 14.3. The minimum absolute atomic E-state index is 0. The van der Waals surface area contributed by atoms with Gasteiger partial charge in [0.1, 0.15) is 0 Å². The van der Waals surface area contributed by atoms with Crippen LogP contribution in [0, 0.1) is 110 Å². The Hall–Kier alpha value is 0. The Labute approximate surface area is 596 Å². The largest absolute Gasteiger partial charge is 0.0776 e. The van der Waals surface area contributed by atoms with E-state index in [2.05, 4.69) is 277 Å². The van der Waals surface area contributed by atoms with Gasteiger partial charge in [0, 0.05) is 0 Å². The second kappa shape index (κ2) is 68.1. The molecule has 0 saturated heterocycles. The predicted molar refractivity (Wildman–Crippen MR) is 442 cm³/mol. The lowest BCUT2D eigenvalue weighted by molar-refractivity contribution is 0.283. The van der Waals surface area contributed by atoms with E-state index >= 15 is 0 Å². The lowest BCUT2D eigenvalue weighted by atomic mass is 9.84. The van der Waals surface area contributed by atoms with Crippen LogP contribution in [0.4, 0.5) is 0 Å². The van der Waals surface area contributed by atoms with Gasteiger partial charge in [0.15, 0.2) is 0 Å². The molecule has 7 atom stereocenters. The van der Waals surface area contributed by atoms with Crippen molar-refractivity contribution in [2.75, 3.05) is 0 Å². The molecule has 5 rings (SSSR count). The van der Waals surface area contributed by atoms with Crippen molar-refractivity contribution in [1.82, 2.24) is 0 Å². The molecule has 5 unspecified atom stereocenters. The third-order valence-corrected chi connectivity index (χ3v) is 24.2. The van der Waals surface area contributed by atoms with Crippen LogP contribution in [0.15, 0.2) is 0 Å². The van der Waals surface area contributed by atoms with Crippen LogP contribution in [-0.4, -0.2) is 0 Å². The van der Waals surface area contributed by atoms with E-state index in [0.717, 1.165) is 82.9 Å². The van der Waals surface area contributed by atoms with Gasteiger partial charge in [-0.05, 0) is 129 Å². The molecule has 0 heterocycles. The zero-order chi connectivity index (χ0) is 73.2. The molecular weight excluding hydrogens is 1110 g/mol. The van der Waals surface area contributed by atoms with E-state index in [1.807, 2.05) is 0 Å². The standard InChI is InChI=1S/5C7H14.8C7H16.CH4/c1-6-3-4-7(2)5-6;1-7(2)5-3-4-6-7;1-6-4-3-5-7(6)2;1-7-5-3-2-4-6-7;1-2-7-5-3-4-6-7;2*1-6(2)7(3,4)5;2*1-5-7(3,4)6-2;2*1-5-7(4)6(2)3;1-4-6-7(3)5-2;1-4-7(5-2)6-3;/h6-7H,3-5H2,1-2H3;3-6H2,1-2H3;6-7H,3-5H2,1-2H3;2*7H,2-6H2,1H3;2*6H,1-5H3;2*5-6H2,1-4H3;2*6-7H,5H2,1-4H3;2*7H,4-6H2,1-3H3;1H4/t6-,7?;;6-,7?;;;;;;;;;;;/m1.1.........../s1. The summed E-state index contributed by atoms with van der Waals surface area (Å²) in [4.78, 5) is 0. The van der Waals surface area contributed by atoms with Gasteiger partial charge in [-0.2, -0.15) is 0 Å². The van der Waals surface area contributed by atoms with Crippen LogP contribution in [0.1, 0.15) is 490 Å². The number of hydrogen-bond acceptors (Lipinski definition) is 0. The van der Waals surface area contributed by atoms with Crippen molar-refractivity contribution in [3.63, 3.8) is 0 Å². The Kier molecular flexibility index (Phi) is 81.9. The SMILES string of the molecule is C.CC(C)C(C)(C)C.CC(C)C(C)(C)C.CC1(C)CCCC1.CC1CCCCC1.CC1CCC[C@H]1C.CC1CC[C@@H](C)C1.CCC(C)(C)CC.CCC(C)(C)CC.CCC(C)C(C)C.CCC(C)C(C)C.CCC(CC)CC.CCC1CCCC1.CCCC(C)CC. The first-order chi connectivity index (χ1) is 41.8. The third kappa shape index (κ3) is 84.2. The summed E-state index contributed by atoms with van der Waals surface area (Å²) in [7, 11) is 0. The quantitative estimate of drug-likeness (QED) is 0.153. The highest BCUT2D eigenvalue weighted by Gasteiger charge is 2.22. The molecule has 5 aliphatic carbocycles. The van der Waals surface area contributed by atoms with Crippen LogP contribution >= 0.6 is 0 Å². The van der Waals surface area contributed by atoms with Gasteiger partial charge in [0.25, 0.3) is 0 Å². The number of rotatable bonds is 15. The fraction of sp³-hybridized carbons (Fsp3) is 1.00. The van der Waals surface area contributed by atoms with Crippen molar-refractivity contribution in [2.45, 2.75) is 490 Å². The predicted octanol–water partition coefficient (Wildman–Crippen LogP) is 35.4. The fourth-order valence-corrected chi connectivity index (χ4v) is 9.89. The molecule has 0 heteroatoms. The van der Waals surface area contributed by atoms with E-state index in [1.165, 1.54) is 205 Å². The van der Waals surface area contributed by atoms with Crippen molar-refractivity contribution in [3.05, 3.63) is 0 Å². The van der Waals surface area contributed by atoms with Crippen molar-refractivity contribution < 1.29 is 0 Å². The zero-order valence-corrected chi connectivity index (χ0v) is 73.2. The fourth-order valence-electron chi connectivity index (χ4n) is 9.89. The first-order valence-corrected chi connectivity index (χ1v) is 41.8. The minimum atomic E-state index is 0. The molecule has 0 bridgehead atoms. The van der Waals surface area contributed by atoms with Crippen molar-refractivity contribution in [1.29, 1.82) is 0 Å². The first kappa shape index (κ1) is 111. The highest BCUT2D eigenvalue weighted by Crippen LogP contribution is 2.36. The van der Waals surface area contributed by atoms with Gasteiger partial charge in [-0.25, -0.2) is 0 Å². The minimum Gasteiger partial charge on any atom is -0.0776 e. The molecule has 5 aliphatic rings. The van der Waals surface area contributed by atoms with E-state index in [0.29, 0.717) is 27.1 Å². The maximum atomic E-state index is 2.36. The molecule has 0 aromatic heterocycles. The smallest absolute Gasteiger partial charge is 0.0354 e. The van der Waals surface area contributed by atoms with Crippen LogP contribution in [0.2, 0.25) is 0 Å². The first-order valence-electron chi connectivity index (χ1n) is 41.8. The molecule has 0 aliphatic heterocycles. The molecule has 0 nitrogen and oxygen atoms in total. The van der Waals surface area contributed by atoms with Crippen molar-refractivity contribution in [2.24, 2.45) is 110 Å². The van der Waals surface area contributed by atoms with E-state index in [1.54, 1.807) is 0 Å². The summed E-state index contributed by atoms with van der Waals surface area (Å²) < 4.78 is 0. The van der Waals surface area contributed by atoms with Crippen LogP contribution in [0.25, 0.3) is 0 Å². The van der Waals surface area contributed by atoms with Gasteiger partial charge in [-0.1, -0.05) is 471 Å². The molecule has 0 spiro atoms. The third-order valence-electron chi connectivity index (χ3n) is 24.2. The van der Waals surface area contributed by atoms with Gasteiger partial charge in [-0.3, -0.25) is 0 Å². The lowest BCUT2D eigenvalue weighted by Gasteiger charge is -2.22. The van der Waals surface area contributed by atoms with Gasteiger partial charge >= 0.3 is 0 Å². The summed E-state index contributed by atoms with van der Waals surface area (Å²) in [5, 5.41) is 0. The molecule has 0 radical (unpaired) electrons. The van der Waals surface area contributed by atoms with Gasteiger partial charge in [0.05, 0.1) is 0 Å². The molecular formula is C92H202. The molecule has 5 saturated carbocycles. The van der Waals surface area contributed by atoms with Crippen LogP contribution in [0.5, 0.6) is 0 Å². The maximum absolute atomic E-state index is 2.36. The van der Waals surface area contributed by atoms with Crippen molar-refractivity contribution >= 4 is 0 Å². The van der Waals surface area contributed by atoms with E-state index in [9.17, 15) is 0 Å². The van der Waals surface area contributed by atoms with Gasteiger partial charge in [0.2, 0.25) is 0 Å². The summed E-state index contributed by atoms with van der Waals surface area (Å²) in [5.74, 6) is 13.3. The monoisotopic (exact) mass is 1310 g/mol. The molecule has 0 aromatic rings. The molecule has 0 aromatic carbocycles. The Bertz CT molecular complexity index is 1220. The Balaban J connectivity index is -0.000000116. The Morgan fingerprint density at radius 1 is 0.359 bits per heavy atom. The second-order valence-corrected chi connectivity index (χ2v) is 37.0. The Morgan fingerprint density at radius 3 is 0.750 bits per heavy atom. The van der Waals surface area contributed by atoms with Gasteiger partial charge < -0.3 is 0 Å². The summed E-state index contributed by atoms with van der Waals surface area (Å²) in [6, 6.07) is 0. The topological polar surface area (TPSA) is 0 Å². The summed E-state index contributed by atoms with van der Waals surface area (Å²) in [6.07, 6.45) is 45.5. The van der Waals surface area contributed by atoms with E-state index in [-0.39, 0.29) is 7.43 Å². The van der Waals surface area contributed by atoms with E-state index in [4.69, 9.17) is 0 Å². The maximum Gasteiger partial charge on any atom is -0.0354 e. The average Bonchev–Trinajstić information content (AvgIpc) is 4.55. The highest BCUT2D eigenvalue weighted by molar-refractivity contribution is 4.75. The summed E-state index contributed by atoms with van der Waals surface area (Å²) in [5.41, 5.74) is 2.86. The summed E-state index contributed by atoms with van der Waals surface area (Å²) >= 11 is 0. The lowest BCUT2D eigenvalue weighted by Crippen LogP contribution is -2.12. The molecule has 92 heavy (non-hydrogen) atoms. The van der Waals surface area contributed by atoms with Crippen LogP contribution in [-0.2, 0) is 0 Å². The molecule has 570 valence electrons. The average molecular weight is 1310 g/mol. The number of hydrogen-bond donors (Lipinski definition) is 0. The second-order valence-electron chi connectivity index (χ2n) is 37.0. The zero-order valence-electron chi connectivity index (χ0n) is 73.2. The molecule has 0 N–H and O–H groups in total. The van der Waals surface area contributed by atoms with E-state index < -0.39 is 0 Å². The Morgan fingerprint density at radius 2 is 0.663 bits per heavy atom. The van der Waals surface area contributed by atoms with Crippen molar-refractivity contribution in [3.8, 4) is 0 Å². The van der Waals surface area contributed by atoms with Gasteiger partial charge in [-0.15, -0.1) is 0 Å². The summed E-state index contributed by atoms with van der Waals surface area (Å²) in [6.45, 7) is 91.3. The van der Waals surface area contributed by atoms with Crippen LogP contribution < -0.4 is 0 Å². The molecule has 5 fully saturated rings. The normalized spacial score (nSPS) is 20.2. The van der Waals surface area contributed by atoms with Crippen LogP contribution in [0.3, 0.4) is 0 Å².